The molecular weight excluding hydrogens is 380 g/mol. The summed E-state index contributed by atoms with van der Waals surface area (Å²) in [5.41, 5.74) is 1.89. The molecule has 4 aromatic rings. The van der Waals surface area contributed by atoms with Gasteiger partial charge in [0.2, 0.25) is 0 Å². The Labute approximate surface area is 175 Å². The maximum absolute atomic E-state index is 13.1. The fourth-order valence-electron chi connectivity index (χ4n) is 3.71. The van der Waals surface area contributed by atoms with E-state index < -0.39 is 0 Å². The van der Waals surface area contributed by atoms with Crippen molar-refractivity contribution in [3.05, 3.63) is 89.4 Å². The van der Waals surface area contributed by atoms with E-state index >= 15 is 0 Å². The molecule has 0 atom stereocenters. The van der Waals surface area contributed by atoms with Crippen LogP contribution >= 0.6 is 11.6 Å². The maximum atomic E-state index is 13.1. The van der Waals surface area contributed by atoms with Crippen molar-refractivity contribution in [2.75, 3.05) is 5.32 Å². The van der Waals surface area contributed by atoms with Crippen LogP contribution in [0.5, 0.6) is 0 Å². The third-order valence-electron chi connectivity index (χ3n) is 5.22. The van der Waals surface area contributed by atoms with Gasteiger partial charge >= 0.3 is 6.03 Å². The summed E-state index contributed by atoms with van der Waals surface area (Å²) in [6, 6.07) is 25.7. The predicted octanol–water partition coefficient (Wildman–Crippen LogP) is 7.09. The monoisotopic (exact) mass is 402 g/mol. The number of amides is 2. The first-order chi connectivity index (χ1) is 14.1. The fourth-order valence-corrected chi connectivity index (χ4v) is 4.04. The molecule has 0 saturated carbocycles. The lowest BCUT2D eigenvalue weighted by Gasteiger charge is -2.28. The number of carbonyl (C=O) groups is 1. The molecule has 4 aromatic carbocycles. The minimum atomic E-state index is -0.116. The van der Waals surface area contributed by atoms with E-state index in [4.69, 9.17) is 11.6 Å². The highest BCUT2D eigenvalue weighted by Crippen LogP contribution is 2.36. The van der Waals surface area contributed by atoms with E-state index in [2.05, 4.69) is 17.4 Å². The lowest BCUT2D eigenvalue weighted by atomic mass is 9.96. The largest absolute Gasteiger partial charge is 0.322 e. The summed E-state index contributed by atoms with van der Waals surface area (Å²) >= 11 is 6.72. The number of halogens is 1. The van der Waals surface area contributed by atoms with Gasteiger partial charge in [-0.25, -0.2) is 4.79 Å². The number of hydrogen-bond donors (Lipinski definition) is 1. The van der Waals surface area contributed by atoms with E-state index in [1.54, 1.807) is 0 Å². The molecule has 29 heavy (non-hydrogen) atoms. The van der Waals surface area contributed by atoms with E-state index in [1.807, 2.05) is 85.5 Å². The van der Waals surface area contributed by atoms with Crippen LogP contribution in [0, 0.1) is 0 Å². The number of anilines is 1. The molecule has 0 bridgehead atoms. The summed E-state index contributed by atoms with van der Waals surface area (Å²) in [4.78, 5) is 14.9. The van der Waals surface area contributed by atoms with Gasteiger partial charge in [0.1, 0.15) is 0 Å². The number of nitrogens with one attached hydrogen (secondary N) is 1. The van der Waals surface area contributed by atoms with Crippen molar-refractivity contribution < 1.29 is 4.79 Å². The quantitative estimate of drug-likeness (QED) is 0.363. The normalized spacial score (nSPS) is 11.2. The average Bonchev–Trinajstić information content (AvgIpc) is 2.74. The van der Waals surface area contributed by atoms with Gasteiger partial charge in [0.05, 0.1) is 5.02 Å². The van der Waals surface area contributed by atoms with Crippen molar-refractivity contribution in [1.82, 2.24) is 4.90 Å². The van der Waals surface area contributed by atoms with Crippen LogP contribution in [0.1, 0.15) is 19.4 Å². The Kier molecular flexibility index (Phi) is 5.41. The zero-order valence-electron chi connectivity index (χ0n) is 16.5. The van der Waals surface area contributed by atoms with Crippen LogP contribution in [0.15, 0.2) is 78.9 Å². The van der Waals surface area contributed by atoms with Crippen LogP contribution in [0.3, 0.4) is 0 Å². The second-order valence-electron chi connectivity index (χ2n) is 7.40. The molecule has 0 aliphatic rings. The number of urea groups is 1. The molecule has 0 spiro atoms. The molecule has 4 rings (SSSR count). The number of benzene rings is 4. The zero-order valence-corrected chi connectivity index (χ0v) is 17.3. The molecule has 4 heteroatoms. The minimum Gasteiger partial charge on any atom is -0.318 e. The minimum absolute atomic E-state index is 0.0342. The molecule has 3 nitrogen and oxygen atoms in total. The number of nitrogens with zero attached hydrogens (tertiary/aromatic N) is 1. The second-order valence-corrected chi connectivity index (χ2v) is 7.78. The van der Waals surface area contributed by atoms with E-state index in [-0.39, 0.29) is 12.1 Å². The Morgan fingerprint density at radius 1 is 0.828 bits per heavy atom. The third-order valence-corrected chi connectivity index (χ3v) is 5.62. The fraction of sp³-hybridized carbons (Fsp3) is 0.160. The lowest BCUT2D eigenvalue weighted by Crippen LogP contribution is -2.39. The Balaban J connectivity index is 1.80. The summed E-state index contributed by atoms with van der Waals surface area (Å²) in [6.07, 6.45) is 0. The lowest BCUT2D eigenvalue weighted by molar-refractivity contribution is 0.194. The highest BCUT2D eigenvalue weighted by molar-refractivity contribution is 6.41. The number of fused-ring (bicyclic) bond motifs is 2. The van der Waals surface area contributed by atoms with Crippen molar-refractivity contribution >= 4 is 44.9 Å². The number of para-hydroxylation sites is 1. The molecule has 0 aromatic heterocycles. The molecule has 146 valence electrons. The standard InChI is InChI=1S/C25H23ClN2O/c1-17(2)28(25(29)27-18-10-4-3-5-11-18)16-23-19-12-6-8-14-21(19)24(26)22-15-9-7-13-20(22)23/h3-15,17H,16H2,1-2H3,(H,27,29). The maximum Gasteiger partial charge on any atom is 0.322 e. The Hall–Kier alpha value is -3.04. The van der Waals surface area contributed by atoms with E-state index in [9.17, 15) is 4.79 Å². The Morgan fingerprint density at radius 2 is 1.31 bits per heavy atom. The number of carbonyl (C=O) groups excluding carboxylic acids is 1. The first-order valence-corrected chi connectivity index (χ1v) is 10.1. The van der Waals surface area contributed by atoms with Crippen molar-refractivity contribution in [1.29, 1.82) is 0 Å². The van der Waals surface area contributed by atoms with Crippen LogP contribution in [0.4, 0.5) is 10.5 Å². The van der Waals surface area contributed by atoms with Crippen LogP contribution in [0.2, 0.25) is 5.02 Å². The predicted molar refractivity (Wildman–Crippen MR) is 123 cm³/mol. The van der Waals surface area contributed by atoms with Gasteiger partial charge in [0, 0.05) is 29.0 Å². The summed E-state index contributed by atoms with van der Waals surface area (Å²) in [5.74, 6) is 0. The first-order valence-electron chi connectivity index (χ1n) is 9.76. The molecule has 0 aliphatic heterocycles. The third kappa shape index (κ3) is 3.79. The van der Waals surface area contributed by atoms with Gasteiger partial charge in [0.25, 0.3) is 0 Å². The molecule has 1 N–H and O–H groups in total. The Bertz CT molecular complexity index is 1110. The average molecular weight is 403 g/mol. The van der Waals surface area contributed by atoms with E-state index in [1.165, 1.54) is 0 Å². The van der Waals surface area contributed by atoms with Gasteiger partial charge < -0.3 is 10.2 Å². The molecular formula is C25H23ClN2O. The molecule has 0 radical (unpaired) electrons. The first kappa shape index (κ1) is 19.3. The van der Waals surface area contributed by atoms with Gasteiger partial charge in [-0.05, 0) is 42.3 Å². The van der Waals surface area contributed by atoms with Crippen molar-refractivity contribution in [3.63, 3.8) is 0 Å². The smallest absolute Gasteiger partial charge is 0.318 e. The SMILES string of the molecule is CC(C)N(Cc1c2ccccc2c(Cl)c2ccccc12)C(=O)Nc1ccccc1. The van der Waals surface area contributed by atoms with Crippen LogP contribution in [0.25, 0.3) is 21.5 Å². The molecule has 0 fully saturated rings. The van der Waals surface area contributed by atoms with E-state index in [0.717, 1.165) is 37.8 Å². The van der Waals surface area contributed by atoms with Gasteiger partial charge in [-0.15, -0.1) is 0 Å². The number of rotatable bonds is 4. The highest BCUT2D eigenvalue weighted by Gasteiger charge is 2.21. The Morgan fingerprint density at radius 3 is 1.83 bits per heavy atom. The molecule has 0 saturated heterocycles. The molecule has 0 aliphatic carbocycles. The molecule has 2 amide bonds. The van der Waals surface area contributed by atoms with Crippen molar-refractivity contribution in [2.45, 2.75) is 26.4 Å². The van der Waals surface area contributed by atoms with Gasteiger partial charge in [-0.1, -0.05) is 78.3 Å². The van der Waals surface area contributed by atoms with E-state index in [0.29, 0.717) is 6.54 Å². The highest BCUT2D eigenvalue weighted by atomic mass is 35.5. The topological polar surface area (TPSA) is 32.3 Å². The van der Waals surface area contributed by atoms with Gasteiger partial charge in [0.15, 0.2) is 0 Å². The summed E-state index contributed by atoms with van der Waals surface area (Å²) in [5, 5.41) is 7.94. The number of hydrogen-bond acceptors (Lipinski definition) is 1. The van der Waals surface area contributed by atoms with Crippen LogP contribution in [-0.4, -0.2) is 17.0 Å². The molecule has 0 unspecified atom stereocenters. The van der Waals surface area contributed by atoms with Gasteiger partial charge in [-0.2, -0.15) is 0 Å². The zero-order chi connectivity index (χ0) is 20.4. The van der Waals surface area contributed by atoms with Crippen LogP contribution in [-0.2, 0) is 6.54 Å². The van der Waals surface area contributed by atoms with Gasteiger partial charge in [-0.3, -0.25) is 0 Å². The molecule has 0 heterocycles. The summed E-state index contributed by atoms with van der Waals surface area (Å²) in [6.45, 7) is 4.56. The summed E-state index contributed by atoms with van der Waals surface area (Å²) in [7, 11) is 0. The van der Waals surface area contributed by atoms with Crippen molar-refractivity contribution in [2.24, 2.45) is 0 Å². The van der Waals surface area contributed by atoms with Crippen LogP contribution < -0.4 is 5.32 Å². The van der Waals surface area contributed by atoms with Crippen molar-refractivity contribution in [3.8, 4) is 0 Å². The second kappa shape index (κ2) is 8.14. The summed E-state index contributed by atoms with van der Waals surface area (Å²) < 4.78 is 0.